The molecule has 1 aromatic heterocycles. The Hall–Kier alpha value is -1.66. The highest BCUT2D eigenvalue weighted by molar-refractivity contribution is 7.80. The number of aromatic nitrogens is 3. The van der Waals surface area contributed by atoms with Crippen molar-refractivity contribution in [3.05, 3.63) is 40.7 Å². The molecule has 1 heterocycles. The van der Waals surface area contributed by atoms with Gasteiger partial charge in [-0.25, -0.2) is 0 Å². The molecule has 0 saturated heterocycles. The largest absolute Gasteiger partial charge is 0.486 e. The Morgan fingerprint density at radius 1 is 1.56 bits per heavy atom. The van der Waals surface area contributed by atoms with Gasteiger partial charge in [-0.3, -0.25) is 4.68 Å². The standard InChI is InChI=1S/C11H11ClN4OS/c1-16-5-7(14-15-16)6-17-9-4-2-3-8(12)10(9)11(13)18/h2-5H,6H2,1H3,(H2,13,18). The van der Waals surface area contributed by atoms with E-state index in [-0.39, 0.29) is 11.6 Å². The van der Waals surface area contributed by atoms with E-state index in [9.17, 15) is 0 Å². The third-order valence-electron chi connectivity index (χ3n) is 2.25. The number of nitrogens with zero attached hydrogens (tertiary/aromatic N) is 3. The van der Waals surface area contributed by atoms with Crippen LogP contribution in [0.5, 0.6) is 5.75 Å². The monoisotopic (exact) mass is 282 g/mol. The van der Waals surface area contributed by atoms with Crippen molar-refractivity contribution in [3.8, 4) is 5.75 Å². The van der Waals surface area contributed by atoms with Crippen molar-refractivity contribution < 1.29 is 4.74 Å². The quantitative estimate of drug-likeness (QED) is 0.865. The van der Waals surface area contributed by atoms with E-state index in [1.54, 1.807) is 36.1 Å². The van der Waals surface area contributed by atoms with Crippen LogP contribution in [0.2, 0.25) is 5.02 Å². The SMILES string of the molecule is Cn1cc(COc2cccc(Cl)c2C(N)=S)nn1. The Morgan fingerprint density at radius 3 is 2.94 bits per heavy atom. The summed E-state index contributed by atoms with van der Waals surface area (Å²) in [6, 6.07) is 5.25. The van der Waals surface area contributed by atoms with E-state index >= 15 is 0 Å². The molecule has 94 valence electrons. The van der Waals surface area contributed by atoms with E-state index in [1.807, 2.05) is 0 Å². The van der Waals surface area contributed by atoms with Crippen LogP contribution in [-0.2, 0) is 13.7 Å². The van der Waals surface area contributed by atoms with Gasteiger partial charge in [0.15, 0.2) is 0 Å². The topological polar surface area (TPSA) is 66.0 Å². The first-order chi connectivity index (χ1) is 8.58. The average Bonchev–Trinajstić information content (AvgIpc) is 2.72. The Balaban J connectivity index is 2.19. The summed E-state index contributed by atoms with van der Waals surface area (Å²) in [5, 5.41) is 8.20. The molecule has 2 N–H and O–H groups in total. The zero-order valence-electron chi connectivity index (χ0n) is 9.63. The molecular formula is C11H11ClN4OS. The number of hydrogen-bond donors (Lipinski definition) is 1. The van der Waals surface area contributed by atoms with E-state index in [0.717, 1.165) is 0 Å². The summed E-state index contributed by atoms with van der Waals surface area (Å²) in [6.45, 7) is 0.282. The van der Waals surface area contributed by atoms with Crippen molar-refractivity contribution in [2.24, 2.45) is 12.8 Å². The molecule has 0 aliphatic rings. The number of nitrogens with two attached hydrogens (primary N) is 1. The molecular weight excluding hydrogens is 272 g/mol. The zero-order valence-corrected chi connectivity index (χ0v) is 11.2. The van der Waals surface area contributed by atoms with Crippen LogP contribution in [0.25, 0.3) is 0 Å². The molecule has 0 aliphatic carbocycles. The molecule has 18 heavy (non-hydrogen) atoms. The number of hydrogen-bond acceptors (Lipinski definition) is 4. The number of thiocarbonyl (C=S) groups is 1. The Bertz CT molecular complexity index is 584. The van der Waals surface area contributed by atoms with Crippen LogP contribution in [-0.4, -0.2) is 20.0 Å². The van der Waals surface area contributed by atoms with Gasteiger partial charge in [-0.15, -0.1) is 5.10 Å². The Kier molecular flexibility index (Phi) is 3.78. The van der Waals surface area contributed by atoms with E-state index in [0.29, 0.717) is 22.0 Å². The maximum absolute atomic E-state index is 6.03. The number of benzene rings is 1. The highest BCUT2D eigenvalue weighted by Gasteiger charge is 2.11. The van der Waals surface area contributed by atoms with Crippen LogP contribution < -0.4 is 10.5 Å². The normalized spacial score (nSPS) is 10.3. The summed E-state index contributed by atoms with van der Waals surface area (Å²) in [5.74, 6) is 0.542. The number of halogens is 1. The first kappa shape index (κ1) is 12.8. The molecule has 0 spiro atoms. The van der Waals surface area contributed by atoms with Gasteiger partial charge >= 0.3 is 0 Å². The van der Waals surface area contributed by atoms with E-state index in [1.165, 1.54) is 0 Å². The van der Waals surface area contributed by atoms with Crippen molar-refractivity contribution in [1.29, 1.82) is 0 Å². The summed E-state index contributed by atoms with van der Waals surface area (Å²) < 4.78 is 7.21. The van der Waals surface area contributed by atoms with E-state index in [4.69, 9.17) is 34.3 Å². The Labute approximate surface area is 114 Å². The fourth-order valence-electron chi connectivity index (χ4n) is 1.48. The molecule has 0 saturated carbocycles. The second-order valence-electron chi connectivity index (χ2n) is 3.65. The van der Waals surface area contributed by atoms with Crippen LogP contribution in [0.4, 0.5) is 0 Å². The molecule has 0 unspecified atom stereocenters. The molecule has 2 rings (SSSR count). The smallest absolute Gasteiger partial charge is 0.134 e. The van der Waals surface area contributed by atoms with Gasteiger partial charge < -0.3 is 10.5 Å². The van der Waals surface area contributed by atoms with Gasteiger partial charge in [0.05, 0.1) is 16.8 Å². The fourth-order valence-corrected chi connectivity index (χ4v) is 2.01. The highest BCUT2D eigenvalue weighted by Crippen LogP contribution is 2.26. The molecule has 7 heteroatoms. The van der Waals surface area contributed by atoms with Crippen LogP contribution >= 0.6 is 23.8 Å². The predicted octanol–water partition coefficient (Wildman–Crippen LogP) is 1.68. The van der Waals surface area contributed by atoms with Gasteiger partial charge in [0, 0.05) is 7.05 Å². The van der Waals surface area contributed by atoms with Crippen molar-refractivity contribution >= 4 is 28.8 Å². The van der Waals surface area contributed by atoms with Crippen LogP contribution in [0.1, 0.15) is 11.3 Å². The minimum Gasteiger partial charge on any atom is -0.486 e. The molecule has 0 radical (unpaired) electrons. The molecule has 0 aliphatic heterocycles. The molecule has 2 aromatic rings. The summed E-state index contributed by atoms with van der Waals surface area (Å²) in [5.41, 5.74) is 6.88. The Morgan fingerprint density at radius 2 is 2.33 bits per heavy atom. The molecule has 1 aromatic carbocycles. The second-order valence-corrected chi connectivity index (χ2v) is 4.50. The molecule has 5 nitrogen and oxygen atoms in total. The lowest BCUT2D eigenvalue weighted by molar-refractivity contribution is 0.300. The third-order valence-corrected chi connectivity index (χ3v) is 2.77. The van der Waals surface area contributed by atoms with Gasteiger partial charge in [-0.2, -0.15) is 0 Å². The van der Waals surface area contributed by atoms with Gasteiger partial charge in [0.25, 0.3) is 0 Å². The molecule has 0 amide bonds. The fraction of sp³-hybridized carbons (Fsp3) is 0.182. The van der Waals surface area contributed by atoms with Crippen molar-refractivity contribution in [2.75, 3.05) is 0 Å². The van der Waals surface area contributed by atoms with Crippen LogP contribution in [0, 0.1) is 0 Å². The van der Waals surface area contributed by atoms with E-state index < -0.39 is 0 Å². The van der Waals surface area contributed by atoms with Crippen LogP contribution in [0.15, 0.2) is 24.4 Å². The summed E-state index contributed by atoms with van der Waals surface area (Å²) in [4.78, 5) is 0.203. The second kappa shape index (κ2) is 5.32. The van der Waals surface area contributed by atoms with Gasteiger partial charge in [0.2, 0.25) is 0 Å². The van der Waals surface area contributed by atoms with Crippen molar-refractivity contribution in [1.82, 2.24) is 15.0 Å². The highest BCUT2D eigenvalue weighted by atomic mass is 35.5. The lowest BCUT2D eigenvalue weighted by Gasteiger charge is -2.10. The lowest BCUT2D eigenvalue weighted by atomic mass is 10.2. The first-order valence-electron chi connectivity index (χ1n) is 5.14. The van der Waals surface area contributed by atoms with Crippen molar-refractivity contribution in [3.63, 3.8) is 0 Å². The van der Waals surface area contributed by atoms with Crippen molar-refractivity contribution in [2.45, 2.75) is 6.61 Å². The summed E-state index contributed by atoms with van der Waals surface area (Å²) in [6.07, 6.45) is 1.77. The maximum Gasteiger partial charge on any atom is 0.134 e. The zero-order chi connectivity index (χ0) is 13.1. The predicted molar refractivity (Wildman–Crippen MR) is 72.7 cm³/mol. The maximum atomic E-state index is 6.03. The molecule has 0 atom stereocenters. The van der Waals surface area contributed by atoms with Gasteiger partial charge in [0.1, 0.15) is 23.0 Å². The van der Waals surface area contributed by atoms with Crippen LogP contribution in [0.3, 0.4) is 0 Å². The number of aryl methyl sites for hydroxylation is 1. The van der Waals surface area contributed by atoms with E-state index in [2.05, 4.69) is 10.3 Å². The number of ether oxygens (including phenoxy) is 1. The summed E-state index contributed by atoms with van der Waals surface area (Å²) in [7, 11) is 1.79. The minimum atomic E-state index is 0.203. The third kappa shape index (κ3) is 2.77. The van der Waals surface area contributed by atoms with Gasteiger partial charge in [-0.05, 0) is 12.1 Å². The molecule has 0 fully saturated rings. The minimum absolute atomic E-state index is 0.203. The lowest BCUT2D eigenvalue weighted by Crippen LogP contribution is -2.12. The number of rotatable bonds is 4. The average molecular weight is 283 g/mol. The van der Waals surface area contributed by atoms with Gasteiger partial charge in [-0.1, -0.05) is 35.1 Å². The molecule has 0 bridgehead atoms. The summed E-state index contributed by atoms with van der Waals surface area (Å²) >= 11 is 11.0. The first-order valence-corrected chi connectivity index (χ1v) is 5.93.